The molecule has 39 heavy (non-hydrogen) atoms. The third-order valence-electron chi connectivity index (χ3n) is 7.63. The van der Waals surface area contributed by atoms with Gasteiger partial charge in [-0.3, -0.25) is 0 Å². The number of alkyl halides is 1. The standard InChI is InChI=1S/C27H33FN6O2S3/c1-3-10-26(2)11-4-5-20(24(26)28)34(18-7-8-18)22-15-29-25(33-31-22)19-9-6-16(12-21(19)35)17-13-23(32-30-14-17)36-27(37,38)39/h6,9,12-15,18,20,24,35,37-39H,3-5,7-8,10-11H2,1-2H3/t20-,24-,26+/m0/s1. The van der Waals surface area contributed by atoms with Crippen LogP contribution in [0.2, 0.25) is 0 Å². The molecule has 208 valence electrons. The molecule has 12 heteroatoms. The first-order chi connectivity index (χ1) is 18.6. The van der Waals surface area contributed by atoms with E-state index >= 15 is 4.39 Å². The lowest BCUT2D eigenvalue weighted by Gasteiger charge is -2.46. The van der Waals surface area contributed by atoms with Gasteiger partial charge in [0.25, 0.3) is 0 Å². The fourth-order valence-electron chi connectivity index (χ4n) is 5.66. The molecule has 0 bridgehead atoms. The van der Waals surface area contributed by atoms with Crippen molar-refractivity contribution in [3.05, 3.63) is 36.7 Å². The lowest BCUT2D eigenvalue weighted by atomic mass is 9.69. The van der Waals surface area contributed by atoms with Gasteiger partial charge in [0.2, 0.25) is 9.48 Å². The molecule has 3 atom stereocenters. The molecule has 1 aromatic carbocycles. The van der Waals surface area contributed by atoms with Gasteiger partial charge in [-0.15, -0.1) is 53.2 Å². The number of halogens is 1. The van der Waals surface area contributed by atoms with Crippen LogP contribution >= 0.6 is 37.9 Å². The Kier molecular flexibility index (Phi) is 8.17. The van der Waals surface area contributed by atoms with E-state index in [-0.39, 0.29) is 35.0 Å². The molecule has 0 amide bonds. The number of nitrogens with zero attached hydrogens (tertiary/aromatic N) is 6. The average Bonchev–Trinajstić information content (AvgIpc) is 3.72. The average molecular weight is 589 g/mol. The Balaban J connectivity index is 1.37. The van der Waals surface area contributed by atoms with Gasteiger partial charge in [-0.2, -0.15) is 5.10 Å². The summed E-state index contributed by atoms with van der Waals surface area (Å²) in [6.07, 6.45) is 8.89. The van der Waals surface area contributed by atoms with Crippen LogP contribution in [0.25, 0.3) is 22.5 Å². The third-order valence-corrected chi connectivity index (χ3v) is 7.90. The number of ether oxygens (including phenoxy) is 1. The monoisotopic (exact) mass is 588 g/mol. The number of benzene rings is 1. The molecule has 0 aliphatic heterocycles. The minimum atomic E-state index is -1.32. The summed E-state index contributed by atoms with van der Waals surface area (Å²) in [4.78, 5) is 6.65. The van der Waals surface area contributed by atoms with Gasteiger partial charge in [0, 0.05) is 23.1 Å². The molecule has 1 N–H and O–H groups in total. The molecule has 5 rings (SSSR count). The summed E-state index contributed by atoms with van der Waals surface area (Å²) in [5.74, 6) is 1.05. The van der Waals surface area contributed by atoms with Crippen molar-refractivity contribution in [1.82, 2.24) is 25.4 Å². The number of phenolic OH excluding ortho intramolecular Hbond substituents is 1. The summed E-state index contributed by atoms with van der Waals surface area (Å²) in [7, 11) is 0. The smallest absolute Gasteiger partial charge is 0.243 e. The maximum Gasteiger partial charge on any atom is 0.243 e. The zero-order valence-corrected chi connectivity index (χ0v) is 24.6. The van der Waals surface area contributed by atoms with E-state index in [1.165, 1.54) is 0 Å². The topological polar surface area (TPSA) is 97.2 Å². The lowest BCUT2D eigenvalue weighted by molar-refractivity contribution is 0.0423. The fourth-order valence-corrected chi connectivity index (χ4v) is 5.95. The van der Waals surface area contributed by atoms with E-state index in [0.717, 1.165) is 44.9 Å². The minimum absolute atomic E-state index is 0.0150. The highest BCUT2D eigenvalue weighted by molar-refractivity contribution is 8.16. The van der Waals surface area contributed by atoms with Gasteiger partial charge in [0.05, 0.1) is 24.0 Å². The van der Waals surface area contributed by atoms with Crippen molar-refractivity contribution in [1.29, 1.82) is 0 Å². The van der Waals surface area contributed by atoms with Crippen molar-refractivity contribution in [2.75, 3.05) is 4.90 Å². The Bertz CT molecular complexity index is 1300. The highest BCUT2D eigenvalue weighted by atomic mass is 32.2. The Morgan fingerprint density at radius 1 is 1.10 bits per heavy atom. The summed E-state index contributed by atoms with van der Waals surface area (Å²) >= 11 is 12.3. The van der Waals surface area contributed by atoms with E-state index in [2.05, 4.69) is 82.0 Å². The van der Waals surface area contributed by atoms with E-state index in [1.54, 1.807) is 30.6 Å². The molecule has 0 unspecified atom stereocenters. The van der Waals surface area contributed by atoms with Gasteiger partial charge in [0.15, 0.2) is 11.6 Å². The maximum absolute atomic E-state index is 15.9. The highest BCUT2D eigenvalue weighted by Crippen LogP contribution is 2.46. The molecular formula is C27H33FN6O2S3. The minimum Gasteiger partial charge on any atom is -0.507 e. The quantitative estimate of drug-likeness (QED) is 0.175. The van der Waals surface area contributed by atoms with Gasteiger partial charge in [0.1, 0.15) is 11.9 Å². The number of anilines is 1. The van der Waals surface area contributed by atoms with Crippen molar-refractivity contribution in [3.8, 4) is 34.1 Å². The molecule has 2 saturated carbocycles. The molecule has 2 aromatic heterocycles. The summed E-state index contributed by atoms with van der Waals surface area (Å²) < 4.78 is 20.0. The van der Waals surface area contributed by atoms with Gasteiger partial charge >= 0.3 is 0 Å². The number of rotatable bonds is 9. The Labute approximate surface area is 244 Å². The van der Waals surface area contributed by atoms with Crippen LogP contribution in [0.5, 0.6) is 11.6 Å². The number of aromatic hydroxyl groups is 1. The third kappa shape index (κ3) is 6.38. The van der Waals surface area contributed by atoms with E-state index < -0.39 is 9.77 Å². The first-order valence-electron chi connectivity index (χ1n) is 13.2. The van der Waals surface area contributed by atoms with Crippen LogP contribution in [-0.2, 0) is 0 Å². The first-order valence-corrected chi connectivity index (χ1v) is 14.6. The molecule has 0 saturated heterocycles. The fraction of sp³-hybridized carbons (Fsp3) is 0.519. The van der Waals surface area contributed by atoms with Crippen molar-refractivity contribution >= 4 is 43.7 Å². The molecule has 0 radical (unpaired) electrons. The first kappa shape index (κ1) is 28.2. The SMILES string of the molecule is CCC[C@]1(C)CCC[C@H](N(c2cnc(-c3ccc(-c4cnnc(OC(S)(S)S)c4)cc3O)nn2)C2CC2)[C@@H]1F. The van der Waals surface area contributed by atoms with Crippen molar-refractivity contribution < 1.29 is 14.2 Å². The Hall–Kier alpha value is -2.31. The number of hydrogen-bond acceptors (Lipinski definition) is 11. The summed E-state index contributed by atoms with van der Waals surface area (Å²) in [6.45, 7) is 4.21. The predicted molar refractivity (Wildman–Crippen MR) is 159 cm³/mol. The second kappa shape index (κ2) is 11.3. The van der Waals surface area contributed by atoms with Crippen LogP contribution in [-0.4, -0.2) is 52.3 Å². The van der Waals surface area contributed by atoms with Crippen LogP contribution in [0.1, 0.15) is 58.8 Å². The Morgan fingerprint density at radius 2 is 1.90 bits per heavy atom. The molecule has 2 aliphatic rings. The second-order valence-electron chi connectivity index (χ2n) is 10.7. The molecular weight excluding hydrogens is 556 g/mol. The number of hydrogen-bond donors (Lipinski definition) is 4. The van der Waals surface area contributed by atoms with Crippen molar-refractivity contribution in [3.63, 3.8) is 0 Å². The Morgan fingerprint density at radius 3 is 2.54 bits per heavy atom. The highest BCUT2D eigenvalue weighted by Gasteiger charge is 2.48. The van der Waals surface area contributed by atoms with Crippen molar-refractivity contribution in [2.24, 2.45) is 5.41 Å². The zero-order valence-electron chi connectivity index (χ0n) is 21.9. The molecule has 0 spiro atoms. The van der Waals surface area contributed by atoms with E-state index in [9.17, 15) is 5.11 Å². The molecule has 2 aliphatic carbocycles. The molecule has 3 aromatic rings. The van der Waals surface area contributed by atoms with Gasteiger partial charge < -0.3 is 14.7 Å². The maximum atomic E-state index is 15.9. The van der Waals surface area contributed by atoms with E-state index in [4.69, 9.17) is 4.74 Å². The van der Waals surface area contributed by atoms with Crippen LogP contribution in [0.15, 0.2) is 36.7 Å². The predicted octanol–water partition coefficient (Wildman–Crippen LogP) is 6.15. The van der Waals surface area contributed by atoms with Gasteiger partial charge in [-0.25, -0.2) is 9.37 Å². The van der Waals surface area contributed by atoms with Gasteiger partial charge in [-0.1, -0.05) is 32.8 Å². The molecule has 2 heterocycles. The van der Waals surface area contributed by atoms with Gasteiger partial charge in [-0.05, 0) is 49.8 Å². The van der Waals surface area contributed by atoms with Crippen LogP contribution < -0.4 is 9.64 Å². The lowest BCUT2D eigenvalue weighted by Crippen LogP contribution is -2.52. The molecule has 2 fully saturated rings. The normalized spacial score (nSPS) is 23.4. The van der Waals surface area contributed by atoms with Crippen LogP contribution in [0.4, 0.5) is 10.2 Å². The van der Waals surface area contributed by atoms with Crippen LogP contribution in [0, 0.1) is 5.41 Å². The summed E-state index contributed by atoms with van der Waals surface area (Å²) in [5, 5.41) is 27.5. The van der Waals surface area contributed by atoms with Crippen molar-refractivity contribution in [2.45, 2.75) is 80.6 Å². The number of phenols is 1. The second-order valence-corrected chi connectivity index (χ2v) is 13.7. The largest absolute Gasteiger partial charge is 0.507 e. The van der Waals surface area contributed by atoms with E-state index in [0.29, 0.717) is 22.5 Å². The summed E-state index contributed by atoms with van der Waals surface area (Å²) in [6, 6.07) is 6.81. The number of thiol groups is 3. The molecule has 8 nitrogen and oxygen atoms in total. The number of aromatic nitrogens is 5. The zero-order chi connectivity index (χ0) is 27.8. The summed E-state index contributed by atoms with van der Waals surface area (Å²) in [5.41, 5.74) is 1.47. The van der Waals surface area contributed by atoms with E-state index in [1.807, 2.05) is 6.07 Å². The van der Waals surface area contributed by atoms with Crippen LogP contribution in [0.3, 0.4) is 0 Å².